The Bertz CT molecular complexity index is 427. The highest BCUT2D eigenvalue weighted by Crippen LogP contribution is 2.56. The number of rotatable bonds is 5. The van der Waals surface area contributed by atoms with Gasteiger partial charge in [-0.2, -0.15) is 0 Å². The number of nitrogens with one attached hydrogen (secondary N) is 2. The Morgan fingerprint density at radius 3 is 2.47 bits per heavy atom. The number of amides is 2. The number of carboxylic acids is 1. The van der Waals surface area contributed by atoms with Crippen molar-refractivity contribution in [2.24, 2.45) is 17.6 Å². The van der Waals surface area contributed by atoms with E-state index in [1.54, 1.807) is 6.42 Å². The quantitative estimate of drug-likeness (QED) is 0.366. The summed E-state index contributed by atoms with van der Waals surface area (Å²) >= 11 is 0. The largest absolute Gasteiger partial charge is 0.479 e. The van der Waals surface area contributed by atoms with Gasteiger partial charge < -0.3 is 26.6 Å². The number of aliphatic hydroxyl groups excluding tert-OH is 1. The molecule has 8 nitrogen and oxygen atoms in total. The van der Waals surface area contributed by atoms with Crippen molar-refractivity contribution in [2.75, 3.05) is 13.1 Å². The van der Waals surface area contributed by atoms with E-state index in [4.69, 9.17) is 5.73 Å². The van der Waals surface area contributed by atoms with Crippen LogP contribution in [0.25, 0.3) is 0 Å². The summed E-state index contributed by atoms with van der Waals surface area (Å²) in [5.41, 5.74) is 3.60. The number of carboxylic acid groups (broad SMARTS) is 1. The Kier molecular flexibility index (Phi) is 3.46. The Hall–Kier alpha value is -1.67. The van der Waals surface area contributed by atoms with Crippen molar-refractivity contribution in [1.82, 2.24) is 10.6 Å². The molecule has 8 heteroatoms. The summed E-state index contributed by atoms with van der Waals surface area (Å²) in [5.74, 6) is -2.81. The minimum atomic E-state index is -1.46. The van der Waals surface area contributed by atoms with Crippen LogP contribution >= 0.6 is 0 Å². The Labute approximate surface area is 109 Å². The van der Waals surface area contributed by atoms with Crippen molar-refractivity contribution >= 4 is 17.8 Å². The molecule has 0 saturated heterocycles. The number of carbonyl (C=O) groups is 3. The van der Waals surface area contributed by atoms with E-state index in [9.17, 15) is 24.6 Å². The van der Waals surface area contributed by atoms with E-state index in [2.05, 4.69) is 10.6 Å². The lowest BCUT2D eigenvalue weighted by Crippen LogP contribution is -2.57. The average molecular weight is 270 g/mol. The van der Waals surface area contributed by atoms with E-state index in [-0.39, 0.29) is 31.3 Å². The summed E-state index contributed by atoms with van der Waals surface area (Å²) in [6, 6.07) is 0. The number of hydrogen-bond donors (Lipinski definition) is 5. The van der Waals surface area contributed by atoms with Gasteiger partial charge in [0.05, 0.1) is 19.2 Å². The highest BCUT2D eigenvalue weighted by molar-refractivity contribution is 5.91. The van der Waals surface area contributed by atoms with Gasteiger partial charge in [0.1, 0.15) is 5.54 Å². The van der Waals surface area contributed by atoms with Crippen molar-refractivity contribution in [3.05, 3.63) is 6.42 Å². The fraction of sp³-hybridized carbons (Fsp3) is 0.636. The minimum absolute atomic E-state index is 0.0231. The first kappa shape index (κ1) is 13.8. The molecule has 0 bridgehead atoms. The molecule has 0 aromatic heterocycles. The van der Waals surface area contributed by atoms with Gasteiger partial charge in [0.25, 0.3) is 0 Å². The van der Waals surface area contributed by atoms with Crippen molar-refractivity contribution in [3.63, 3.8) is 0 Å². The summed E-state index contributed by atoms with van der Waals surface area (Å²) in [6.45, 7) is -0.576. The lowest BCUT2D eigenvalue weighted by atomic mass is 9.92. The highest BCUT2D eigenvalue weighted by atomic mass is 16.4. The molecule has 1 radical (unpaired) electrons. The van der Waals surface area contributed by atoms with Crippen molar-refractivity contribution in [1.29, 1.82) is 0 Å². The molecule has 2 amide bonds. The molecule has 2 saturated carbocycles. The molecule has 2 fully saturated rings. The number of fused-ring (bicyclic) bond motifs is 1. The van der Waals surface area contributed by atoms with Crippen molar-refractivity contribution in [2.45, 2.75) is 18.1 Å². The number of hydrogen-bond acceptors (Lipinski definition) is 5. The number of nitrogens with two attached hydrogens (primary N) is 1. The van der Waals surface area contributed by atoms with E-state index >= 15 is 0 Å². The summed E-state index contributed by atoms with van der Waals surface area (Å²) in [5, 5.41) is 23.6. The molecule has 2 aliphatic rings. The predicted octanol–water partition coefficient (Wildman–Crippen LogP) is -2.78. The zero-order valence-electron chi connectivity index (χ0n) is 10.1. The van der Waals surface area contributed by atoms with Gasteiger partial charge in [0.2, 0.25) is 11.8 Å². The fourth-order valence-corrected chi connectivity index (χ4v) is 2.60. The standard InChI is InChI=1S/C11H16N3O5/c12-3-8(16)13-4-9(17)14-11(10(18)19)2-7(15)5-1-6(5)11/h1,5-7,15H,2-4,12H2,(H,13,16)(H,14,17)(H,18,19)/t5-,6+,7-,11-/m0/s1. The molecule has 2 aliphatic carbocycles. The van der Waals surface area contributed by atoms with Crippen molar-refractivity contribution < 1.29 is 24.6 Å². The zero-order valence-corrected chi connectivity index (χ0v) is 10.1. The molecular formula is C11H16N3O5. The molecule has 0 aromatic rings. The van der Waals surface area contributed by atoms with Crippen LogP contribution in [0.15, 0.2) is 0 Å². The van der Waals surface area contributed by atoms with Crippen LogP contribution in [-0.4, -0.2) is 52.7 Å². The molecule has 6 N–H and O–H groups in total. The van der Waals surface area contributed by atoms with E-state index in [0.717, 1.165) is 0 Å². The second-order valence-corrected chi connectivity index (χ2v) is 4.87. The molecule has 0 aromatic carbocycles. The summed E-state index contributed by atoms with van der Waals surface area (Å²) in [6.07, 6.45) is 0.936. The van der Waals surface area contributed by atoms with E-state index < -0.39 is 29.4 Å². The van der Waals surface area contributed by atoms with Crippen LogP contribution in [0.2, 0.25) is 0 Å². The maximum atomic E-state index is 11.7. The Morgan fingerprint density at radius 1 is 1.37 bits per heavy atom. The lowest BCUT2D eigenvalue weighted by molar-refractivity contribution is -0.148. The van der Waals surface area contributed by atoms with Crippen LogP contribution in [0.3, 0.4) is 0 Å². The first-order valence-electron chi connectivity index (χ1n) is 5.95. The van der Waals surface area contributed by atoms with Gasteiger partial charge in [0, 0.05) is 12.3 Å². The molecule has 4 atom stereocenters. The predicted molar refractivity (Wildman–Crippen MR) is 62.5 cm³/mol. The van der Waals surface area contributed by atoms with Gasteiger partial charge >= 0.3 is 5.97 Å². The molecule has 0 spiro atoms. The average Bonchev–Trinajstić information content (AvgIpc) is 3.10. The highest BCUT2D eigenvalue weighted by Gasteiger charge is 2.67. The molecule has 0 aliphatic heterocycles. The van der Waals surface area contributed by atoms with E-state index in [1.807, 2.05) is 0 Å². The van der Waals surface area contributed by atoms with Crippen LogP contribution < -0.4 is 16.4 Å². The van der Waals surface area contributed by atoms with Gasteiger partial charge in [-0.05, 0) is 12.3 Å². The van der Waals surface area contributed by atoms with Gasteiger partial charge in [-0.1, -0.05) is 0 Å². The van der Waals surface area contributed by atoms with Gasteiger partial charge in [-0.25, -0.2) is 4.79 Å². The molecule has 105 valence electrons. The molecule has 19 heavy (non-hydrogen) atoms. The summed E-state index contributed by atoms with van der Waals surface area (Å²) in [4.78, 5) is 34.0. The monoisotopic (exact) mass is 270 g/mol. The third-order valence-electron chi connectivity index (χ3n) is 3.62. The Morgan fingerprint density at radius 2 is 2.05 bits per heavy atom. The number of carbonyl (C=O) groups excluding carboxylic acids is 2. The van der Waals surface area contributed by atoms with Crippen LogP contribution in [0.4, 0.5) is 0 Å². The second kappa shape index (κ2) is 4.78. The summed E-state index contributed by atoms with van der Waals surface area (Å²) in [7, 11) is 0. The van der Waals surface area contributed by atoms with E-state index in [1.165, 1.54) is 0 Å². The SMILES string of the molecule is NCC(=O)NCC(=O)N[C@@]1(C(=O)O)C[C@H](O)[C@H]2[CH][C@H]21. The van der Waals surface area contributed by atoms with Gasteiger partial charge in [0.15, 0.2) is 0 Å². The van der Waals surface area contributed by atoms with Crippen LogP contribution in [0.1, 0.15) is 6.42 Å². The number of aliphatic carboxylic acids is 1. The van der Waals surface area contributed by atoms with Crippen molar-refractivity contribution in [3.8, 4) is 0 Å². The first-order valence-corrected chi connectivity index (χ1v) is 5.95. The second-order valence-electron chi connectivity index (χ2n) is 4.87. The Balaban J connectivity index is 1.97. The van der Waals surface area contributed by atoms with Crippen LogP contribution in [0.5, 0.6) is 0 Å². The molecule has 0 unspecified atom stereocenters. The molecular weight excluding hydrogens is 254 g/mol. The van der Waals surface area contributed by atoms with Crippen LogP contribution in [0, 0.1) is 18.3 Å². The van der Waals surface area contributed by atoms with Gasteiger partial charge in [-0.3, -0.25) is 9.59 Å². The zero-order chi connectivity index (χ0) is 14.2. The normalized spacial score (nSPS) is 35.4. The lowest BCUT2D eigenvalue weighted by Gasteiger charge is -2.28. The maximum Gasteiger partial charge on any atom is 0.329 e. The fourth-order valence-electron chi connectivity index (χ4n) is 2.60. The maximum absolute atomic E-state index is 11.7. The first-order chi connectivity index (χ1) is 8.90. The van der Waals surface area contributed by atoms with Gasteiger partial charge in [-0.15, -0.1) is 0 Å². The number of aliphatic hydroxyl groups is 1. The topological polar surface area (TPSA) is 142 Å². The third kappa shape index (κ3) is 2.41. The summed E-state index contributed by atoms with van der Waals surface area (Å²) < 4.78 is 0. The third-order valence-corrected chi connectivity index (χ3v) is 3.62. The van der Waals surface area contributed by atoms with E-state index in [0.29, 0.717) is 0 Å². The minimum Gasteiger partial charge on any atom is -0.479 e. The van der Waals surface area contributed by atoms with Crippen LogP contribution in [-0.2, 0) is 14.4 Å². The smallest absolute Gasteiger partial charge is 0.329 e. The molecule has 2 rings (SSSR count). The molecule has 0 heterocycles.